The van der Waals surface area contributed by atoms with Crippen molar-refractivity contribution < 1.29 is 24.2 Å². The van der Waals surface area contributed by atoms with E-state index in [0.717, 1.165) is 5.75 Å². The van der Waals surface area contributed by atoms with Gasteiger partial charge in [-0.3, -0.25) is 4.79 Å². The van der Waals surface area contributed by atoms with E-state index in [4.69, 9.17) is 9.47 Å². The van der Waals surface area contributed by atoms with E-state index in [1.54, 1.807) is 18.2 Å². The monoisotopic (exact) mass is 309 g/mol. The number of carboxylic acids is 1. The SMILES string of the molecule is O=C(NC1(C(=O)O)CCSC1)c1ccc2c(c1)OCCO2. The summed E-state index contributed by atoms with van der Waals surface area (Å²) in [5.74, 6) is 0.836. The second-order valence-corrected chi connectivity index (χ2v) is 6.11. The molecule has 112 valence electrons. The molecular weight excluding hydrogens is 294 g/mol. The number of carbonyl (C=O) groups excluding carboxylic acids is 1. The van der Waals surface area contributed by atoms with Crippen LogP contribution >= 0.6 is 11.8 Å². The number of fused-ring (bicyclic) bond motifs is 1. The number of hydrogen-bond donors (Lipinski definition) is 2. The van der Waals surface area contributed by atoms with Gasteiger partial charge in [0.25, 0.3) is 5.91 Å². The van der Waals surface area contributed by atoms with Crippen molar-refractivity contribution in [3.05, 3.63) is 23.8 Å². The Hall–Kier alpha value is -1.89. The Morgan fingerprint density at radius 2 is 2.00 bits per heavy atom. The summed E-state index contributed by atoms with van der Waals surface area (Å²) in [7, 11) is 0. The van der Waals surface area contributed by atoms with Gasteiger partial charge in [0.1, 0.15) is 18.8 Å². The predicted molar refractivity (Wildman–Crippen MR) is 77.2 cm³/mol. The van der Waals surface area contributed by atoms with Gasteiger partial charge < -0.3 is 19.9 Å². The van der Waals surface area contributed by atoms with Gasteiger partial charge in [0.2, 0.25) is 0 Å². The molecule has 2 aliphatic rings. The van der Waals surface area contributed by atoms with E-state index in [-0.39, 0.29) is 0 Å². The molecule has 2 aliphatic heterocycles. The zero-order chi connectivity index (χ0) is 14.9. The first-order valence-electron chi connectivity index (χ1n) is 6.64. The van der Waals surface area contributed by atoms with Crippen molar-refractivity contribution >= 4 is 23.6 Å². The van der Waals surface area contributed by atoms with Crippen LogP contribution in [0, 0.1) is 0 Å². The summed E-state index contributed by atoms with van der Waals surface area (Å²) in [4.78, 5) is 23.8. The quantitative estimate of drug-likeness (QED) is 0.871. The lowest BCUT2D eigenvalue weighted by molar-refractivity contribution is -0.143. The predicted octanol–water partition coefficient (Wildman–Crippen LogP) is 1.15. The van der Waals surface area contributed by atoms with E-state index in [1.165, 1.54) is 11.8 Å². The molecule has 1 saturated heterocycles. The molecule has 21 heavy (non-hydrogen) atoms. The molecule has 6 nitrogen and oxygen atoms in total. The number of benzene rings is 1. The number of aliphatic carboxylic acids is 1. The Morgan fingerprint density at radius 1 is 1.24 bits per heavy atom. The smallest absolute Gasteiger partial charge is 0.330 e. The molecule has 0 aliphatic carbocycles. The summed E-state index contributed by atoms with van der Waals surface area (Å²) >= 11 is 1.53. The van der Waals surface area contributed by atoms with Crippen LogP contribution in [-0.2, 0) is 4.79 Å². The van der Waals surface area contributed by atoms with Crippen molar-refractivity contribution in [3.63, 3.8) is 0 Å². The van der Waals surface area contributed by atoms with Gasteiger partial charge >= 0.3 is 5.97 Å². The van der Waals surface area contributed by atoms with Gasteiger partial charge in [-0.2, -0.15) is 11.8 Å². The van der Waals surface area contributed by atoms with E-state index in [2.05, 4.69) is 5.32 Å². The molecule has 2 N–H and O–H groups in total. The molecule has 1 unspecified atom stereocenters. The second kappa shape index (κ2) is 5.48. The standard InChI is InChI=1S/C14H15NO5S/c16-12(15-14(13(17)18)3-6-21-8-14)9-1-2-10-11(7-9)20-5-4-19-10/h1-2,7H,3-6,8H2,(H,15,16)(H,17,18). The third-order valence-corrected chi connectivity index (χ3v) is 4.78. The fourth-order valence-electron chi connectivity index (χ4n) is 2.36. The van der Waals surface area contributed by atoms with Crippen LogP contribution in [0.4, 0.5) is 0 Å². The Kier molecular flexibility index (Phi) is 3.67. The number of amides is 1. The summed E-state index contributed by atoms with van der Waals surface area (Å²) in [5, 5.41) is 12.0. The summed E-state index contributed by atoms with van der Waals surface area (Å²) in [5.41, 5.74) is -0.800. The van der Waals surface area contributed by atoms with Crippen molar-refractivity contribution in [2.45, 2.75) is 12.0 Å². The van der Waals surface area contributed by atoms with Gasteiger partial charge in [0.05, 0.1) is 0 Å². The third-order valence-electron chi connectivity index (χ3n) is 3.59. The number of rotatable bonds is 3. The lowest BCUT2D eigenvalue weighted by atomic mass is 9.98. The van der Waals surface area contributed by atoms with Crippen LogP contribution in [0.5, 0.6) is 11.5 Å². The molecule has 1 amide bonds. The van der Waals surface area contributed by atoms with Gasteiger partial charge in [-0.1, -0.05) is 0 Å². The van der Waals surface area contributed by atoms with Crippen LogP contribution in [0.25, 0.3) is 0 Å². The highest BCUT2D eigenvalue weighted by atomic mass is 32.2. The summed E-state index contributed by atoms with van der Waals surface area (Å²) in [6.45, 7) is 0.922. The van der Waals surface area contributed by atoms with E-state index < -0.39 is 17.4 Å². The van der Waals surface area contributed by atoms with Crippen molar-refractivity contribution in [1.29, 1.82) is 0 Å². The first-order chi connectivity index (χ1) is 10.1. The topological polar surface area (TPSA) is 84.9 Å². The highest BCUT2D eigenvalue weighted by molar-refractivity contribution is 7.99. The minimum Gasteiger partial charge on any atom is -0.486 e. The summed E-state index contributed by atoms with van der Waals surface area (Å²) < 4.78 is 10.8. The summed E-state index contributed by atoms with van der Waals surface area (Å²) in [6, 6.07) is 4.86. The number of nitrogens with one attached hydrogen (secondary N) is 1. The molecule has 3 rings (SSSR count). The maximum absolute atomic E-state index is 12.3. The molecule has 0 saturated carbocycles. The molecule has 0 spiro atoms. The molecule has 1 aromatic carbocycles. The molecule has 0 radical (unpaired) electrons. The van der Waals surface area contributed by atoms with Crippen LogP contribution in [0.3, 0.4) is 0 Å². The number of hydrogen-bond acceptors (Lipinski definition) is 5. The highest BCUT2D eigenvalue weighted by Crippen LogP contribution is 2.32. The highest BCUT2D eigenvalue weighted by Gasteiger charge is 2.43. The normalized spacial score (nSPS) is 23.6. The Bertz CT molecular complexity index is 583. The van der Waals surface area contributed by atoms with Crippen molar-refractivity contribution in [2.75, 3.05) is 24.7 Å². The minimum absolute atomic E-state index is 0.372. The van der Waals surface area contributed by atoms with E-state index >= 15 is 0 Å². The zero-order valence-electron chi connectivity index (χ0n) is 11.3. The van der Waals surface area contributed by atoms with E-state index in [1.807, 2.05) is 0 Å². The van der Waals surface area contributed by atoms with Gasteiger partial charge in [0.15, 0.2) is 11.5 Å². The molecule has 1 atom stereocenters. The summed E-state index contributed by atoms with van der Waals surface area (Å²) in [6.07, 6.45) is 0.434. The van der Waals surface area contributed by atoms with Crippen LogP contribution in [0.1, 0.15) is 16.8 Å². The first kappa shape index (κ1) is 14.1. The number of carbonyl (C=O) groups is 2. The van der Waals surface area contributed by atoms with E-state index in [9.17, 15) is 14.7 Å². The molecular formula is C14H15NO5S. The van der Waals surface area contributed by atoms with Crippen LogP contribution in [0.2, 0.25) is 0 Å². The first-order valence-corrected chi connectivity index (χ1v) is 7.79. The number of thioether (sulfide) groups is 1. The van der Waals surface area contributed by atoms with Crippen molar-refractivity contribution in [2.24, 2.45) is 0 Å². The average Bonchev–Trinajstić information content (AvgIpc) is 2.96. The maximum Gasteiger partial charge on any atom is 0.330 e. The molecule has 0 aromatic heterocycles. The third kappa shape index (κ3) is 2.65. The van der Waals surface area contributed by atoms with Crippen LogP contribution in [0.15, 0.2) is 18.2 Å². The zero-order valence-corrected chi connectivity index (χ0v) is 12.1. The van der Waals surface area contributed by atoms with Crippen LogP contribution in [-0.4, -0.2) is 47.2 Å². The van der Waals surface area contributed by atoms with Crippen molar-refractivity contribution in [1.82, 2.24) is 5.32 Å². The largest absolute Gasteiger partial charge is 0.486 e. The van der Waals surface area contributed by atoms with Gasteiger partial charge in [-0.05, 0) is 30.4 Å². The Morgan fingerprint density at radius 3 is 2.67 bits per heavy atom. The van der Waals surface area contributed by atoms with E-state index in [0.29, 0.717) is 42.4 Å². The number of carboxylic acid groups (broad SMARTS) is 1. The fraction of sp³-hybridized carbons (Fsp3) is 0.429. The molecule has 1 fully saturated rings. The lowest BCUT2D eigenvalue weighted by Crippen LogP contribution is -2.54. The minimum atomic E-state index is -1.17. The van der Waals surface area contributed by atoms with Gasteiger partial charge in [-0.15, -0.1) is 0 Å². The second-order valence-electron chi connectivity index (χ2n) is 5.00. The fourth-order valence-corrected chi connectivity index (χ4v) is 3.69. The average molecular weight is 309 g/mol. The maximum atomic E-state index is 12.3. The van der Waals surface area contributed by atoms with Gasteiger partial charge in [0, 0.05) is 11.3 Å². The molecule has 7 heteroatoms. The number of ether oxygens (including phenoxy) is 2. The van der Waals surface area contributed by atoms with Gasteiger partial charge in [-0.25, -0.2) is 4.79 Å². The Balaban J connectivity index is 1.80. The molecule has 2 heterocycles. The van der Waals surface area contributed by atoms with Crippen LogP contribution < -0.4 is 14.8 Å². The lowest BCUT2D eigenvalue weighted by Gasteiger charge is -2.25. The Labute approximate surface area is 125 Å². The molecule has 0 bridgehead atoms. The molecule has 1 aromatic rings. The van der Waals surface area contributed by atoms with Crippen molar-refractivity contribution in [3.8, 4) is 11.5 Å².